The van der Waals surface area contributed by atoms with Crippen LogP contribution in [0.25, 0.3) is 11.3 Å². The van der Waals surface area contributed by atoms with Crippen molar-refractivity contribution in [1.29, 1.82) is 0 Å². The van der Waals surface area contributed by atoms with Gasteiger partial charge in [0.2, 0.25) is 5.88 Å². The van der Waals surface area contributed by atoms with Gasteiger partial charge in [-0.05, 0) is 32.0 Å². The first-order valence-corrected chi connectivity index (χ1v) is 12.6. The maximum absolute atomic E-state index is 10.9. The van der Waals surface area contributed by atoms with Gasteiger partial charge in [-0.25, -0.2) is 4.68 Å². The summed E-state index contributed by atoms with van der Waals surface area (Å²) in [6.45, 7) is 10.3. The highest BCUT2D eigenvalue weighted by Gasteiger charge is 2.24. The Hall–Kier alpha value is -2.71. The predicted molar refractivity (Wildman–Crippen MR) is 139 cm³/mol. The number of hydrogen-bond donors (Lipinski definition) is 1. The van der Waals surface area contributed by atoms with Crippen LogP contribution in [0.15, 0.2) is 54.6 Å². The fraction of sp³-hybridized carbons (Fsp3) is 0.464. The largest absolute Gasteiger partial charge is 0.439 e. The highest BCUT2D eigenvalue weighted by atomic mass is 16.5. The van der Waals surface area contributed by atoms with Crippen LogP contribution in [-0.2, 0) is 18.3 Å². The van der Waals surface area contributed by atoms with E-state index in [1.807, 2.05) is 42.1 Å². The number of aromatic nitrogens is 2. The van der Waals surface area contributed by atoms with Gasteiger partial charge in [0, 0.05) is 45.3 Å². The van der Waals surface area contributed by atoms with Crippen LogP contribution >= 0.6 is 0 Å². The van der Waals surface area contributed by atoms with Crippen LogP contribution in [0.2, 0.25) is 0 Å². The highest BCUT2D eigenvalue weighted by Crippen LogP contribution is 2.34. The van der Waals surface area contributed by atoms with Crippen molar-refractivity contribution in [3.8, 4) is 22.9 Å². The smallest absolute Gasteiger partial charge is 0.222 e. The van der Waals surface area contributed by atoms with Crippen LogP contribution in [-0.4, -0.2) is 76.7 Å². The van der Waals surface area contributed by atoms with Crippen LogP contribution in [0.5, 0.6) is 11.6 Å². The Kier molecular flexibility index (Phi) is 8.93. The summed E-state index contributed by atoms with van der Waals surface area (Å²) in [6.07, 6.45) is 0.567. The van der Waals surface area contributed by atoms with Crippen molar-refractivity contribution < 1.29 is 14.6 Å². The van der Waals surface area contributed by atoms with E-state index in [1.54, 1.807) is 0 Å². The van der Waals surface area contributed by atoms with Gasteiger partial charge in [0.25, 0.3) is 0 Å². The number of β-amino-alcohol motifs (C(OH)–C–C–N with tert-alkyl or cyclic N) is 1. The summed E-state index contributed by atoms with van der Waals surface area (Å²) in [5.41, 5.74) is 4.20. The first-order valence-electron chi connectivity index (χ1n) is 12.6. The summed E-state index contributed by atoms with van der Waals surface area (Å²) < 4.78 is 13.7. The number of hydrogen-bond acceptors (Lipinski definition) is 6. The molecule has 0 aliphatic carbocycles. The molecule has 35 heavy (non-hydrogen) atoms. The fourth-order valence-electron chi connectivity index (χ4n) is 4.58. The first kappa shape index (κ1) is 25.4. The monoisotopic (exact) mass is 478 g/mol. The standard InChI is InChI=1S/C28H38N4O3/c1-4-14-32(20-24(33)19-31-15-17-34-18-16-31)21-26-27(23-8-6-5-7-9-23)29-30(3)28(26)35-25-12-10-22(2)11-13-25/h5-13,24,33H,4,14-21H2,1-3H3/t24-/m1/s1. The minimum Gasteiger partial charge on any atom is -0.439 e. The molecule has 1 aliphatic rings. The van der Waals surface area contributed by atoms with Gasteiger partial charge in [-0.2, -0.15) is 5.10 Å². The van der Waals surface area contributed by atoms with Gasteiger partial charge in [-0.3, -0.25) is 9.80 Å². The summed E-state index contributed by atoms with van der Waals surface area (Å²) in [5, 5.41) is 15.8. The van der Waals surface area contributed by atoms with E-state index in [1.165, 1.54) is 5.56 Å². The molecule has 4 rings (SSSR count). The van der Waals surface area contributed by atoms with Gasteiger partial charge in [0.05, 0.1) is 24.9 Å². The van der Waals surface area contributed by atoms with E-state index < -0.39 is 6.10 Å². The summed E-state index contributed by atoms with van der Waals surface area (Å²) >= 11 is 0. The third-order valence-electron chi connectivity index (χ3n) is 6.33. The van der Waals surface area contributed by atoms with Crippen molar-refractivity contribution in [3.63, 3.8) is 0 Å². The van der Waals surface area contributed by atoms with Gasteiger partial charge in [0.1, 0.15) is 11.4 Å². The van der Waals surface area contributed by atoms with Crippen molar-refractivity contribution >= 4 is 0 Å². The zero-order chi connectivity index (χ0) is 24.6. The maximum Gasteiger partial charge on any atom is 0.222 e. The molecule has 1 fully saturated rings. The Morgan fingerprint density at radius 2 is 1.80 bits per heavy atom. The second kappa shape index (κ2) is 12.3. The zero-order valence-corrected chi connectivity index (χ0v) is 21.2. The number of morpholine rings is 1. The normalized spacial score (nSPS) is 15.5. The van der Waals surface area contributed by atoms with Crippen LogP contribution in [0, 0.1) is 6.92 Å². The van der Waals surface area contributed by atoms with E-state index >= 15 is 0 Å². The summed E-state index contributed by atoms with van der Waals surface area (Å²) in [4.78, 5) is 4.60. The molecule has 1 saturated heterocycles. The molecule has 1 atom stereocenters. The maximum atomic E-state index is 10.9. The molecule has 1 aromatic heterocycles. The van der Waals surface area contributed by atoms with Gasteiger partial charge in [-0.1, -0.05) is 55.0 Å². The topological polar surface area (TPSA) is 63.0 Å². The molecule has 2 heterocycles. The lowest BCUT2D eigenvalue weighted by Gasteiger charge is -2.31. The number of ether oxygens (including phenoxy) is 2. The average Bonchev–Trinajstić information content (AvgIpc) is 3.16. The number of aliphatic hydroxyl groups excluding tert-OH is 1. The molecule has 7 heteroatoms. The van der Waals surface area contributed by atoms with E-state index in [4.69, 9.17) is 14.6 Å². The Balaban J connectivity index is 1.59. The van der Waals surface area contributed by atoms with E-state index in [9.17, 15) is 5.11 Å². The van der Waals surface area contributed by atoms with Gasteiger partial charge < -0.3 is 14.6 Å². The second-order valence-electron chi connectivity index (χ2n) is 9.34. The van der Waals surface area contributed by atoms with Gasteiger partial charge >= 0.3 is 0 Å². The Morgan fingerprint density at radius 1 is 1.09 bits per heavy atom. The van der Waals surface area contributed by atoms with Crippen molar-refractivity contribution in [2.45, 2.75) is 32.9 Å². The summed E-state index contributed by atoms with van der Waals surface area (Å²) in [7, 11) is 1.93. The van der Waals surface area contributed by atoms with Crippen LogP contribution in [0.4, 0.5) is 0 Å². The van der Waals surface area contributed by atoms with Crippen molar-refractivity contribution in [2.24, 2.45) is 7.05 Å². The minimum atomic E-state index is -0.432. The van der Waals surface area contributed by atoms with Crippen LogP contribution in [0.3, 0.4) is 0 Å². The lowest BCUT2D eigenvalue weighted by atomic mass is 10.1. The quantitative estimate of drug-likeness (QED) is 0.448. The molecular formula is C28H38N4O3. The molecule has 3 aromatic rings. The van der Waals surface area contributed by atoms with Crippen LogP contribution < -0.4 is 4.74 Å². The first-order chi connectivity index (χ1) is 17.0. The van der Waals surface area contributed by atoms with Crippen molar-refractivity contribution in [2.75, 3.05) is 45.9 Å². The molecular weight excluding hydrogens is 440 g/mol. The third kappa shape index (κ3) is 6.92. The van der Waals surface area contributed by atoms with E-state index in [-0.39, 0.29) is 0 Å². The molecule has 1 N–H and O–H groups in total. The number of aliphatic hydroxyl groups is 1. The molecule has 0 spiro atoms. The molecule has 7 nitrogen and oxygen atoms in total. The van der Waals surface area contributed by atoms with E-state index in [2.05, 4.69) is 47.9 Å². The molecule has 0 bridgehead atoms. The SMILES string of the molecule is CCCN(Cc1c(-c2ccccc2)nn(C)c1Oc1ccc(C)cc1)C[C@H](O)CN1CCOCC1. The molecule has 0 unspecified atom stereocenters. The predicted octanol–water partition coefficient (Wildman–Crippen LogP) is 4.09. The Labute approximate surface area is 208 Å². The molecule has 0 radical (unpaired) electrons. The number of nitrogens with zero attached hydrogens (tertiary/aromatic N) is 4. The zero-order valence-electron chi connectivity index (χ0n) is 21.2. The van der Waals surface area contributed by atoms with Crippen molar-refractivity contribution in [3.05, 3.63) is 65.7 Å². The lowest BCUT2D eigenvalue weighted by molar-refractivity contribution is 0.00624. The minimum absolute atomic E-state index is 0.432. The Bertz CT molecular complexity index is 1050. The second-order valence-corrected chi connectivity index (χ2v) is 9.34. The molecule has 1 aliphatic heterocycles. The summed E-state index contributed by atoms with van der Waals surface area (Å²) in [6, 6.07) is 18.3. The fourth-order valence-corrected chi connectivity index (χ4v) is 4.58. The number of aryl methyl sites for hydroxylation is 2. The number of benzene rings is 2. The highest BCUT2D eigenvalue weighted by molar-refractivity contribution is 5.65. The Morgan fingerprint density at radius 3 is 2.49 bits per heavy atom. The molecule has 2 aromatic carbocycles. The van der Waals surface area contributed by atoms with Gasteiger partial charge in [-0.15, -0.1) is 0 Å². The molecule has 188 valence electrons. The van der Waals surface area contributed by atoms with Crippen LogP contribution in [0.1, 0.15) is 24.5 Å². The van der Waals surface area contributed by atoms with E-state index in [0.717, 1.165) is 67.7 Å². The third-order valence-corrected chi connectivity index (χ3v) is 6.33. The van der Waals surface area contributed by atoms with Crippen molar-refractivity contribution in [1.82, 2.24) is 19.6 Å². The average molecular weight is 479 g/mol. The van der Waals surface area contributed by atoms with Gasteiger partial charge in [0.15, 0.2) is 0 Å². The number of rotatable bonds is 11. The summed E-state index contributed by atoms with van der Waals surface area (Å²) in [5.74, 6) is 1.52. The van der Waals surface area contributed by atoms with E-state index in [0.29, 0.717) is 19.6 Å². The molecule has 0 amide bonds. The lowest BCUT2D eigenvalue weighted by Crippen LogP contribution is -2.44. The molecule has 0 saturated carbocycles.